The van der Waals surface area contributed by atoms with Gasteiger partial charge in [0, 0.05) is 25.3 Å². The molecule has 0 aromatic heterocycles. The molecule has 2 N–H and O–H groups in total. The molecule has 0 bridgehead atoms. The zero-order chi connectivity index (χ0) is 23.7. The highest BCUT2D eigenvalue weighted by Gasteiger charge is 2.21. The maximum atomic E-state index is 12.5. The smallest absolute Gasteiger partial charge is 0.243 e. The Labute approximate surface area is 195 Å². The zero-order valence-electron chi connectivity index (χ0n) is 18.9. The monoisotopic (exact) mass is 477 g/mol. The highest BCUT2D eigenvalue weighted by molar-refractivity contribution is 8.01. The molecule has 174 valence electrons. The lowest BCUT2D eigenvalue weighted by Gasteiger charge is -2.18. The van der Waals surface area contributed by atoms with Crippen molar-refractivity contribution >= 4 is 39.3 Å². The van der Waals surface area contributed by atoms with E-state index < -0.39 is 15.3 Å². The molecule has 0 fully saturated rings. The van der Waals surface area contributed by atoms with Crippen molar-refractivity contribution in [1.29, 1.82) is 0 Å². The predicted octanol–water partition coefficient (Wildman–Crippen LogP) is 3.40. The minimum Gasteiger partial charge on any atom is -0.351 e. The summed E-state index contributed by atoms with van der Waals surface area (Å²) in [4.78, 5) is 24.7. The van der Waals surface area contributed by atoms with Crippen molar-refractivity contribution in [3.8, 4) is 0 Å². The summed E-state index contributed by atoms with van der Waals surface area (Å²) in [7, 11) is -3.50. The van der Waals surface area contributed by atoms with Crippen LogP contribution < -0.4 is 10.6 Å². The Bertz CT molecular complexity index is 1000. The molecule has 0 aliphatic heterocycles. The van der Waals surface area contributed by atoms with Gasteiger partial charge in [-0.15, -0.1) is 11.8 Å². The van der Waals surface area contributed by atoms with Gasteiger partial charge in [-0.2, -0.15) is 4.31 Å². The number of thioether (sulfide) groups is 1. The number of carbonyl (C=O) groups excluding carboxylic acids is 2. The van der Waals surface area contributed by atoms with Crippen LogP contribution in [-0.4, -0.2) is 48.6 Å². The molecule has 2 rings (SSSR count). The fraction of sp³-hybridized carbons (Fsp3) is 0.391. The van der Waals surface area contributed by atoms with E-state index >= 15 is 0 Å². The number of amides is 2. The summed E-state index contributed by atoms with van der Waals surface area (Å²) < 4.78 is 26.5. The minimum absolute atomic E-state index is 0.163. The van der Waals surface area contributed by atoms with Gasteiger partial charge >= 0.3 is 0 Å². The van der Waals surface area contributed by atoms with Crippen LogP contribution in [0.4, 0.5) is 5.69 Å². The molecule has 2 aromatic rings. The van der Waals surface area contributed by atoms with Gasteiger partial charge in [0.2, 0.25) is 21.8 Å². The fourth-order valence-corrected chi connectivity index (χ4v) is 5.10. The molecule has 1 atom stereocenters. The average Bonchev–Trinajstić information content (AvgIpc) is 2.78. The van der Waals surface area contributed by atoms with Crippen molar-refractivity contribution < 1.29 is 18.0 Å². The van der Waals surface area contributed by atoms with E-state index in [0.29, 0.717) is 13.1 Å². The third kappa shape index (κ3) is 7.36. The number of benzene rings is 2. The lowest BCUT2D eigenvalue weighted by molar-refractivity contribution is -0.120. The largest absolute Gasteiger partial charge is 0.351 e. The highest BCUT2D eigenvalue weighted by Crippen LogP contribution is 2.17. The molecule has 0 saturated carbocycles. The van der Waals surface area contributed by atoms with E-state index in [0.717, 1.165) is 16.8 Å². The van der Waals surface area contributed by atoms with Crippen LogP contribution in [0.3, 0.4) is 0 Å². The number of nitrogens with zero attached hydrogens (tertiary/aromatic N) is 1. The van der Waals surface area contributed by atoms with Crippen LogP contribution in [0.25, 0.3) is 0 Å². The average molecular weight is 478 g/mol. The summed E-state index contributed by atoms with van der Waals surface area (Å²) in [6.45, 7) is 8.44. The van der Waals surface area contributed by atoms with E-state index in [1.165, 1.54) is 16.1 Å². The van der Waals surface area contributed by atoms with Gasteiger partial charge in [0.1, 0.15) is 0 Å². The van der Waals surface area contributed by atoms with Crippen LogP contribution in [0.1, 0.15) is 31.9 Å². The predicted molar refractivity (Wildman–Crippen MR) is 130 cm³/mol. The number of aryl methyl sites for hydroxylation is 1. The fourth-order valence-electron chi connectivity index (χ4n) is 2.94. The first-order valence-electron chi connectivity index (χ1n) is 10.5. The summed E-state index contributed by atoms with van der Waals surface area (Å²) in [6, 6.07) is 14.0. The lowest BCUT2D eigenvalue weighted by atomic mass is 10.2. The Morgan fingerprint density at radius 3 is 2.16 bits per heavy atom. The molecule has 0 saturated heterocycles. The second kappa shape index (κ2) is 12.0. The minimum atomic E-state index is -3.50. The second-order valence-electron chi connectivity index (χ2n) is 7.32. The van der Waals surface area contributed by atoms with Crippen LogP contribution in [0, 0.1) is 6.92 Å². The normalized spacial score (nSPS) is 12.4. The van der Waals surface area contributed by atoms with Gasteiger partial charge in [-0.25, -0.2) is 8.42 Å². The Morgan fingerprint density at radius 1 is 1.00 bits per heavy atom. The third-order valence-corrected chi connectivity index (χ3v) is 8.11. The molecule has 1 unspecified atom stereocenters. The summed E-state index contributed by atoms with van der Waals surface area (Å²) in [5.41, 5.74) is 2.64. The van der Waals surface area contributed by atoms with Gasteiger partial charge in [0.05, 0.1) is 15.9 Å². The van der Waals surface area contributed by atoms with Crippen LogP contribution in [0.5, 0.6) is 0 Å². The number of anilines is 1. The van der Waals surface area contributed by atoms with E-state index in [1.807, 2.05) is 31.2 Å². The maximum absolute atomic E-state index is 12.5. The van der Waals surface area contributed by atoms with Crippen LogP contribution >= 0.6 is 11.8 Å². The zero-order valence-corrected chi connectivity index (χ0v) is 20.6. The number of nitrogens with one attached hydrogen (secondary N) is 2. The first kappa shape index (κ1) is 25.9. The molecule has 7 nitrogen and oxygen atoms in total. The Hall–Kier alpha value is -2.36. The Morgan fingerprint density at radius 2 is 1.59 bits per heavy atom. The van der Waals surface area contributed by atoms with Crippen molar-refractivity contribution in [2.45, 2.75) is 44.4 Å². The first-order valence-corrected chi connectivity index (χ1v) is 13.0. The van der Waals surface area contributed by atoms with Gasteiger partial charge < -0.3 is 10.6 Å². The molecule has 0 aliphatic carbocycles. The molecule has 0 aliphatic rings. The number of rotatable bonds is 11. The molecular weight excluding hydrogens is 446 g/mol. The van der Waals surface area contributed by atoms with E-state index in [9.17, 15) is 18.0 Å². The van der Waals surface area contributed by atoms with E-state index in [1.54, 1.807) is 45.0 Å². The highest BCUT2D eigenvalue weighted by atomic mass is 32.2. The Kier molecular flexibility index (Phi) is 9.74. The van der Waals surface area contributed by atoms with Gasteiger partial charge in [-0.1, -0.05) is 43.7 Å². The van der Waals surface area contributed by atoms with Crippen molar-refractivity contribution in [2.75, 3.05) is 24.2 Å². The van der Waals surface area contributed by atoms with Gasteiger partial charge in [0.15, 0.2) is 0 Å². The lowest BCUT2D eigenvalue weighted by Crippen LogP contribution is -2.31. The SMILES string of the molecule is CCN(CC)S(=O)(=O)c1ccc(CNC(=O)C(C)SCC(=O)Nc2ccc(C)cc2)cc1. The van der Waals surface area contributed by atoms with E-state index in [-0.39, 0.29) is 29.0 Å². The van der Waals surface area contributed by atoms with E-state index in [2.05, 4.69) is 10.6 Å². The molecule has 2 aromatic carbocycles. The molecule has 9 heteroatoms. The molecule has 2 amide bonds. The Balaban J connectivity index is 1.81. The standard InChI is InChI=1S/C23H31N3O4S2/c1-5-26(6-2)32(29,30)21-13-9-19(10-14-21)15-24-23(28)18(4)31-16-22(27)25-20-11-7-17(3)8-12-20/h7-14,18H,5-6,15-16H2,1-4H3,(H,24,28)(H,25,27). The van der Waals surface area contributed by atoms with Gasteiger partial charge in [-0.05, 0) is 43.7 Å². The first-order chi connectivity index (χ1) is 15.2. The molecule has 0 spiro atoms. The van der Waals surface area contributed by atoms with E-state index in [4.69, 9.17) is 0 Å². The van der Waals surface area contributed by atoms with Gasteiger partial charge in [0.25, 0.3) is 0 Å². The topological polar surface area (TPSA) is 95.6 Å². The number of carbonyl (C=O) groups is 2. The maximum Gasteiger partial charge on any atom is 0.243 e. The summed E-state index contributed by atoms with van der Waals surface area (Å²) >= 11 is 1.26. The van der Waals surface area contributed by atoms with Crippen molar-refractivity contribution in [3.63, 3.8) is 0 Å². The van der Waals surface area contributed by atoms with Crippen molar-refractivity contribution in [3.05, 3.63) is 59.7 Å². The molecule has 0 radical (unpaired) electrons. The molecule has 32 heavy (non-hydrogen) atoms. The van der Waals surface area contributed by atoms with Crippen LogP contribution in [-0.2, 0) is 26.2 Å². The second-order valence-corrected chi connectivity index (χ2v) is 10.6. The number of hydrogen-bond acceptors (Lipinski definition) is 5. The summed E-state index contributed by atoms with van der Waals surface area (Å²) in [5, 5.41) is 5.24. The van der Waals surface area contributed by atoms with Crippen molar-refractivity contribution in [1.82, 2.24) is 9.62 Å². The quantitative estimate of drug-likeness (QED) is 0.517. The third-order valence-electron chi connectivity index (χ3n) is 4.90. The number of hydrogen-bond donors (Lipinski definition) is 2. The molecule has 0 heterocycles. The molecular formula is C23H31N3O4S2. The number of sulfonamides is 1. The summed E-state index contributed by atoms with van der Waals surface area (Å²) in [5.74, 6) is -0.179. The van der Waals surface area contributed by atoms with Crippen LogP contribution in [0.2, 0.25) is 0 Å². The van der Waals surface area contributed by atoms with Gasteiger partial charge in [-0.3, -0.25) is 9.59 Å². The van der Waals surface area contributed by atoms with Crippen LogP contribution in [0.15, 0.2) is 53.4 Å². The summed E-state index contributed by atoms with van der Waals surface area (Å²) in [6.07, 6.45) is 0. The van der Waals surface area contributed by atoms with Crippen molar-refractivity contribution in [2.24, 2.45) is 0 Å².